The molecule has 1 rings (SSSR count). The van der Waals surface area contributed by atoms with Crippen LogP contribution in [-0.2, 0) is 15.7 Å². The minimum Gasteiger partial charge on any atom is -0.478 e. The van der Waals surface area contributed by atoms with Crippen molar-refractivity contribution in [3.8, 4) is 0 Å². The Morgan fingerprint density at radius 2 is 2.13 bits per heavy atom. The zero-order valence-electron chi connectivity index (χ0n) is 7.40. The molecule has 0 aliphatic carbocycles. The van der Waals surface area contributed by atoms with E-state index in [9.17, 15) is 9.36 Å². The van der Waals surface area contributed by atoms with Gasteiger partial charge in [-0.15, -0.1) is 0 Å². The molecule has 0 aliphatic heterocycles. The van der Waals surface area contributed by atoms with Gasteiger partial charge in [0.2, 0.25) is 0 Å². The van der Waals surface area contributed by atoms with Crippen LogP contribution in [0.15, 0.2) is 18.5 Å². The highest BCUT2D eigenvalue weighted by Gasteiger charge is 2.14. The smallest absolute Gasteiger partial charge is 0.469 e. The molecule has 0 amide bonds. The molecular formula is C7H8NO6P. The van der Waals surface area contributed by atoms with Crippen LogP contribution in [0.4, 0.5) is 0 Å². The Kier molecular flexibility index (Phi) is 3.54. The van der Waals surface area contributed by atoms with Crippen molar-refractivity contribution in [3.63, 3.8) is 0 Å². The Morgan fingerprint density at radius 3 is 2.67 bits per heavy atom. The first-order valence-electron chi connectivity index (χ1n) is 3.76. The highest BCUT2D eigenvalue weighted by atomic mass is 31.2. The lowest BCUT2D eigenvalue weighted by Gasteiger charge is -2.04. The summed E-state index contributed by atoms with van der Waals surface area (Å²) in [4.78, 5) is 30.9. The quantitative estimate of drug-likeness (QED) is 0.643. The fraction of sp³-hybridized carbons (Fsp3) is 0.143. The zero-order chi connectivity index (χ0) is 11.5. The highest BCUT2D eigenvalue weighted by molar-refractivity contribution is 7.46. The predicted molar refractivity (Wildman–Crippen MR) is 48.0 cm³/mol. The molecule has 0 fully saturated rings. The SMILES string of the molecule is O=C(O)c1cncc(COP(=O)(O)O)c1. The van der Waals surface area contributed by atoms with Crippen LogP contribution in [-0.4, -0.2) is 25.8 Å². The van der Waals surface area contributed by atoms with Crippen molar-refractivity contribution in [2.24, 2.45) is 0 Å². The summed E-state index contributed by atoms with van der Waals surface area (Å²) in [7, 11) is -4.55. The lowest BCUT2D eigenvalue weighted by molar-refractivity contribution is 0.0696. The van der Waals surface area contributed by atoms with E-state index >= 15 is 0 Å². The molecule has 0 saturated heterocycles. The van der Waals surface area contributed by atoms with Crippen LogP contribution in [0, 0.1) is 0 Å². The summed E-state index contributed by atoms with van der Waals surface area (Å²) in [5, 5.41) is 8.60. The number of hydrogen-bond acceptors (Lipinski definition) is 4. The number of phosphoric ester groups is 1. The normalized spacial score (nSPS) is 11.3. The van der Waals surface area contributed by atoms with Crippen LogP contribution in [0.1, 0.15) is 15.9 Å². The van der Waals surface area contributed by atoms with E-state index in [0.717, 1.165) is 6.20 Å². The van der Waals surface area contributed by atoms with E-state index in [0.29, 0.717) is 0 Å². The number of pyridine rings is 1. The second kappa shape index (κ2) is 4.50. The molecule has 1 heterocycles. The van der Waals surface area contributed by atoms with Gasteiger partial charge in [-0.1, -0.05) is 0 Å². The van der Waals surface area contributed by atoms with Gasteiger partial charge >= 0.3 is 13.8 Å². The topological polar surface area (TPSA) is 117 Å². The summed E-state index contributed by atoms with van der Waals surface area (Å²) < 4.78 is 14.5. The summed E-state index contributed by atoms with van der Waals surface area (Å²) in [6.45, 7) is -0.390. The number of aromatic nitrogens is 1. The first kappa shape index (κ1) is 11.8. The summed E-state index contributed by atoms with van der Waals surface area (Å²) in [5.41, 5.74) is 0.208. The molecule has 0 atom stereocenters. The van der Waals surface area contributed by atoms with Gasteiger partial charge in [-0.05, 0) is 11.6 Å². The van der Waals surface area contributed by atoms with Gasteiger partial charge in [-0.25, -0.2) is 9.36 Å². The summed E-state index contributed by atoms with van der Waals surface area (Å²) in [6, 6.07) is 1.23. The Hall–Kier alpha value is -1.27. The first-order valence-corrected chi connectivity index (χ1v) is 5.29. The predicted octanol–water partition coefficient (Wildman–Crippen LogP) is 0.389. The lowest BCUT2D eigenvalue weighted by Crippen LogP contribution is -1.99. The monoisotopic (exact) mass is 233 g/mol. The maximum Gasteiger partial charge on any atom is 0.469 e. The third-order valence-corrected chi connectivity index (χ3v) is 1.91. The number of carboxylic acid groups (broad SMARTS) is 1. The molecule has 3 N–H and O–H groups in total. The molecule has 15 heavy (non-hydrogen) atoms. The molecule has 1 aromatic heterocycles. The molecule has 0 aromatic carbocycles. The Balaban J connectivity index is 2.74. The number of nitrogens with zero attached hydrogens (tertiary/aromatic N) is 1. The van der Waals surface area contributed by atoms with Crippen molar-refractivity contribution < 1.29 is 28.8 Å². The van der Waals surface area contributed by atoms with E-state index in [-0.39, 0.29) is 11.1 Å². The summed E-state index contributed by atoms with van der Waals surface area (Å²) in [6.07, 6.45) is 2.39. The molecule has 0 spiro atoms. The molecule has 8 heteroatoms. The number of carbonyl (C=O) groups is 1. The molecule has 1 aromatic rings. The van der Waals surface area contributed by atoms with Crippen molar-refractivity contribution >= 4 is 13.8 Å². The third kappa shape index (κ3) is 4.18. The Bertz CT molecular complexity index is 414. The number of rotatable bonds is 4. The minimum absolute atomic E-state index is 0.0678. The maximum absolute atomic E-state index is 10.5. The van der Waals surface area contributed by atoms with E-state index in [1.807, 2.05) is 0 Å². The van der Waals surface area contributed by atoms with Crippen molar-refractivity contribution in [1.82, 2.24) is 4.98 Å². The van der Waals surface area contributed by atoms with Crippen LogP contribution in [0.2, 0.25) is 0 Å². The van der Waals surface area contributed by atoms with Gasteiger partial charge in [0.05, 0.1) is 12.2 Å². The average molecular weight is 233 g/mol. The van der Waals surface area contributed by atoms with Crippen LogP contribution in [0.5, 0.6) is 0 Å². The van der Waals surface area contributed by atoms with E-state index in [2.05, 4.69) is 9.51 Å². The second-order valence-electron chi connectivity index (χ2n) is 2.65. The number of carboxylic acids is 1. The molecule has 82 valence electrons. The summed E-state index contributed by atoms with van der Waals surface area (Å²) in [5.74, 6) is -1.17. The van der Waals surface area contributed by atoms with Crippen LogP contribution in [0.25, 0.3) is 0 Å². The Morgan fingerprint density at radius 1 is 1.47 bits per heavy atom. The molecule has 0 saturated carbocycles. The largest absolute Gasteiger partial charge is 0.478 e. The Labute approximate surface area is 84.6 Å². The number of phosphoric acid groups is 1. The third-order valence-electron chi connectivity index (χ3n) is 1.44. The van der Waals surface area contributed by atoms with E-state index < -0.39 is 20.4 Å². The van der Waals surface area contributed by atoms with E-state index in [1.165, 1.54) is 12.3 Å². The maximum atomic E-state index is 10.5. The molecule has 7 nitrogen and oxygen atoms in total. The van der Waals surface area contributed by atoms with Crippen molar-refractivity contribution in [2.45, 2.75) is 6.61 Å². The standard InChI is InChI=1S/C7H8NO6P/c9-7(10)6-1-5(2-8-3-6)4-14-15(11,12)13/h1-3H,4H2,(H,9,10)(H2,11,12,13). The zero-order valence-corrected chi connectivity index (χ0v) is 8.29. The van der Waals surface area contributed by atoms with Gasteiger partial charge in [0.1, 0.15) is 0 Å². The molecule has 0 aliphatic rings. The second-order valence-corrected chi connectivity index (χ2v) is 3.89. The highest BCUT2D eigenvalue weighted by Crippen LogP contribution is 2.36. The molecule has 0 bridgehead atoms. The van der Waals surface area contributed by atoms with Crippen molar-refractivity contribution in [1.29, 1.82) is 0 Å². The van der Waals surface area contributed by atoms with Crippen LogP contribution in [0.3, 0.4) is 0 Å². The van der Waals surface area contributed by atoms with Gasteiger partial charge in [0.25, 0.3) is 0 Å². The summed E-state index contributed by atoms with van der Waals surface area (Å²) >= 11 is 0. The van der Waals surface area contributed by atoms with E-state index in [1.54, 1.807) is 0 Å². The molecular weight excluding hydrogens is 225 g/mol. The van der Waals surface area contributed by atoms with Gasteiger partial charge in [-0.2, -0.15) is 0 Å². The van der Waals surface area contributed by atoms with Gasteiger partial charge in [0.15, 0.2) is 0 Å². The first-order chi connectivity index (χ1) is 6.88. The van der Waals surface area contributed by atoms with Gasteiger partial charge < -0.3 is 14.9 Å². The number of aromatic carboxylic acids is 1. The van der Waals surface area contributed by atoms with Crippen molar-refractivity contribution in [3.05, 3.63) is 29.6 Å². The van der Waals surface area contributed by atoms with Gasteiger partial charge in [-0.3, -0.25) is 9.51 Å². The van der Waals surface area contributed by atoms with Crippen LogP contribution >= 0.6 is 7.82 Å². The molecule has 0 unspecified atom stereocenters. The van der Waals surface area contributed by atoms with Crippen molar-refractivity contribution in [2.75, 3.05) is 0 Å². The fourth-order valence-corrected chi connectivity index (χ4v) is 1.16. The molecule has 0 radical (unpaired) electrons. The minimum atomic E-state index is -4.55. The number of hydrogen-bond donors (Lipinski definition) is 3. The fourth-order valence-electron chi connectivity index (χ4n) is 0.842. The van der Waals surface area contributed by atoms with E-state index in [4.69, 9.17) is 14.9 Å². The van der Waals surface area contributed by atoms with Crippen LogP contribution < -0.4 is 0 Å². The lowest BCUT2D eigenvalue weighted by atomic mass is 10.2. The van der Waals surface area contributed by atoms with Gasteiger partial charge in [0, 0.05) is 12.4 Å². The average Bonchev–Trinajstić information content (AvgIpc) is 2.14.